The molecule has 0 saturated heterocycles. The Morgan fingerprint density at radius 2 is 1.90 bits per heavy atom. The highest BCUT2D eigenvalue weighted by Gasteiger charge is 2.19. The number of para-hydroxylation sites is 1. The number of ether oxygens (including phenoxy) is 1. The molecule has 0 aliphatic rings. The first kappa shape index (κ1) is 15.5. The van der Waals surface area contributed by atoms with Crippen LogP contribution in [0.5, 0.6) is 11.6 Å². The molecule has 1 heterocycles. The highest BCUT2D eigenvalue weighted by molar-refractivity contribution is 5.42. The van der Waals surface area contributed by atoms with Gasteiger partial charge in [0.15, 0.2) is 0 Å². The minimum atomic E-state index is 0.0317. The lowest BCUT2D eigenvalue weighted by Crippen LogP contribution is -2.12. The van der Waals surface area contributed by atoms with Gasteiger partial charge in [0.2, 0.25) is 5.88 Å². The standard InChI is InChI=1S/C18H24N2O/c1-13-11-14(9-10-19)12-20-17(13)21-16-8-6-5-7-15(16)18(2,3)4/h5-8,11-12H,9-10,19H2,1-4H3. The highest BCUT2D eigenvalue weighted by atomic mass is 16.5. The Kier molecular flexibility index (Phi) is 4.63. The number of nitrogens with two attached hydrogens (primary N) is 1. The van der Waals surface area contributed by atoms with Crippen LogP contribution in [0.4, 0.5) is 0 Å². The number of pyridine rings is 1. The van der Waals surface area contributed by atoms with E-state index in [2.05, 4.69) is 37.9 Å². The third-order valence-corrected chi connectivity index (χ3v) is 3.42. The quantitative estimate of drug-likeness (QED) is 0.923. The van der Waals surface area contributed by atoms with E-state index in [0.717, 1.165) is 23.3 Å². The molecule has 2 N–H and O–H groups in total. The normalized spacial score (nSPS) is 11.5. The zero-order chi connectivity index (χ0) is 15.5. The number of hydrogen-bond donors (Lipinski definition) is 1. The number of hydrogen-bond acceptors (Lipinski definition) is 3. The summed E-state index contributed by atoms with van der Waals surface area (Å²) < 4.78 is 6.06. The summed E-state index contributed by atoms with van der Waals surface area (Å²) in [4.78, 5) is 4.44. The van der Waals surface area contributed by atoms with Crippen LogP contribution in [-0.4, -0.2) is 11.5 Å². The van der Waals surface area contributed by atoms with Crippen LogP contribution in [0.2, 0.25) is 0 Å². The molecule has 1 aromatic carbocycles. The molecular formula is C18H24N2O. The Hall–Kier alpha value is -1.87. The van der Waals surface area contributed by atoms with Crippen LogP contribution < -0.4 is 10.5 Å². The van der Waals surface area contributed by atoms with Crippen LogP contribution in [0.15, 0.2) is 36.5 Å². The third-order valence-electron chi connectivity index (χ3n) is 3.42. The van der Waals surface area contributed by atoms with Crippen molar-refractivity contribution in [3.8, 4) is 11.6 Å². The van der Waals surface area contributed by atoms with E-state index < -0.39 is 0 Å². The number of benzene rings is 1. The molecule has 0 spiro atoms. The van der Waals surface area contributed by atoms with Crippen molar-refractivity contribution in [2.24, 2.45) is 5.73 Å². The average molecular weight is 284 g/mol. The first-order valence-electron chi connectivity index (χ1n) is 7.35. The molecule has 2 aromatic rings. The van der Waals surface area contributed by atoms with Crippen molar-refractivity contribution in [2.45, 2.75) is 39.5 Å². The summed E-state index contributed by atoms with van der Waals surface area (Å²) in [6.07, 6.45) is 2.68. The maximum Gasteiger partial charge on any atom is 0.222 e. The lowest BCUT2D eigenvalue weighted by Gasteiger charge is -2.22. The van der Waals surface area contributed by atoms with Gasteiger partial charge in [0.05, 0.1) is 0 Å². The molecule has 0 saturated carbocycles. The molecule has 0 unspecified atom stereocenters. The molecule has 0 aliphatic carbocycles. The lowest BCUT2D eigenvalue weighted by atomic mass is 9.86. The van der Waals surface area contributed by atoms with Gasteiger partial charge in [-0.05, 0) is 43.0 Å². The minimum absolute atomic E-state index is 0.0317. The van der Waals surface area contributed by atoms with Gasteiger partial charge in [0.25, 0.3) is 0 Å². The fourth-order valence-electron chi connectivity index (χ4n) is 2.31. The summed E-state index contributed by atoms with van der Waals surface area (Å²) in [5.41, 5.74) is 8.97. The van der Waals surface area contributed by atoms with Crippen LogP contribution in [0.3, 0.4) is 0 Å². The fraction of sp³-hybridized carbons (Fsp3) is 0.389. The average Bonchev–Trinajstić information content (AvgIpc) is 2.42. The predicted molar refractivity (Wildman–Crippen MR) is 86.9 cm³/mol. The Labute approximate surface area is 127 Å². The van der Waals surface area contributed by atoms with E-state index in [9.17, 15) is 0 Å². The van der Waals surface area contributed by atoms with Crippen LogP contribution in [0.25, 0.3) is 0 Å². The third kappa shape index (κ3) is 3.82. The number of aromatic nitrogens is 1. The van der Waals surface area contributed by atoms with Gasteiger partial charge in [-0.15, -0.1) is 0 Å². The van der Waals surface area contributed by atoms with Crippen molar-refractivity contribution in [1.82, 2.24) is 4.98 Å². The van der Waals surface area contributed by atoms with Crippen molar-refractivity contribution in [3.63, 3.8) is 0 Å². The number of rotatable bonds is 4. The molecule has 1 aromatic heterocycles. The number of aryl methyl sites for hydroxylation is 1. The SMILES string of the molecule is Cc1cc(CCN)cnc1Oc1ccccc1C(C)(C)C. The second-order valence-corrected chi connectivity index (χ2v) is 6.35. The summed E-state index contributed by atoms with van der Waals surface area (Å²) in [5, 5.41) is 0. The maximum absolute atomic E-state index is 6.06. The molecule has 3 heteroatoms. The van der Waals surface area contributed by atoms with Gasteiger partial charge in [-0.1, -0.05) is 39.0 Å². The Bertz CT molecular complexity index is 615. The van der Waals surface area contributed by atoms with Crippen LogP contribution >= 0.6 is 0 Å². The first-order valence-corrected chi connectivity index (χ1v) is 7.35. The monoisotopic (exact) mass is 284 g/mol. The smallest absolute Gasteiger partial charge is 0.222 e. The summed E-state index contributed by atoms with van der Waals surface area (Å²) in [5.74, 6) is 1.53. The Morgan fingerprint density at radius 3 is 2.52 bits per heavy atom. The summed E-state index contributed by atoms with van der Waals surface area (Å²) >= 11 is 0. The van der Waals surface area contributed by atoms with Gasteiger partial charge in [0, 0.05) is 17.3 Å². The van der Waals surface area contributed by atoms with E-state index in [1.54, 1.807) is 0 Å². The van der Waals surface area contributed by atoms with Crippen LogP contribution in [-0.2, 0) is 11.8 Å². The summed E-state index contributed by atoms with van der Waals surface area (Å²) in [6.45, 7) is 9.19. The molecule has 0 radical (unpaired) electrons. The van der Waals surface area contributed by atoms with Crippen molar-refractivity contribution < 1.29 is 4.74 Å². The van der Waals surface area contributed by atoms with Crippen molar-refractivity contribution in [2.75, 3.05) is 6.54 Å². The highest BCUT2D eigenvalue weighted by Crippen LogP contribution is 2.34. The minimum Gasteiger partial charge on any atom is -0.438 e. The molecule has 0 aliphatic heterocycles. The van der Waals surface area contributed by atoms with E-state index in [1.807, 2.05) is 31.3 Å². The van der Waals surface area contributed by atoms with E-state index in [-0.39, 0.29) is 5.41 Å². The Balaban J connectivity index is 2.31. The molecule has 0 atom stereocenters. The molecular weight excluding hydrogens is 260 g/mol. The topological polar surface area (TPSA) is 48.1 Å². The van der Waals surface area contributed by atoms with Gasteiger partial charge >= 0.3 is 0 Å². The van der Waals surface area contributed by atoms with E-state index >= 15 is 0 Å². The van der Waals surface area contributed by atoms with E-state index in [4.69, 9.17) is 10.5 Å². The summed E-state index contributed by atoms with van der Waals surface area (Å²) in [7, 11) is 0. The van der Waals surface area contributed by atoms with Gasteiger partial charge in [-0.3, -0.25) is 0 Å². The molecule has 3 nitrogen and oxygen atoms in total. The molecule has 112 valence electrons. The molecule has 21 heavy (non-hydrogen) atoms. The largest absolute Gasteiger partial charge is 0.438 e. The van der Waals surface area contributed by atoms with Crippen LogP contribution in [0, 0.1) is 6.92 Å². The maximum atomic E-state index is 6.06. The molecule has 0 amide bonds. The predicted octanol–water partition coefficient (Wildman–Crippen LogP) is 3.98. The first-order chi connectivity index (χ1) is 9.91. The van der Waals surface area contributed by atoms with E-state index in [0.29, 0.717) is 12.4 Å². The lowest BCUT2D eigenvalue weighted by molar-refractivity contribution is 0.436. The van der Waals surface area contributed by atoms with Crippen molar-refractivity contribution >= 4 is 0 Å². The molecule has 0 fully saturated rings. The second kappa shape index (κ2) is 6.27. The molecule has 0 bridgehead atoms. The van der Waals surface area contributed by atoms with Gasteiger partial charge in [-0.25, -0.2) is 4.98 Å². The van der Waals surface area contributed by atoms with Gasteiger partial charge in [0.1, 0.15) is 5.75 Å². The zero-order valence-electron chi connectivity index (χ0n) is 13.3. The zero-order valence-corrected chi connectivity index (χ0v) is 13.3. The van der Waals surface area contributed by atoms with E-state index in [1.165, 1.54) is 5.56 Å². The van der Waals surface area contributed by atoms with Gasteiger partial charge in [-0.2, -0.15) is 0 Å². The summed E-state index contributed by atoms with van der Waals surface area (Å²) in [6, 6.07) is 10.2. The van der Waals surface area contributed by atoms with Crippen molar-refractivity contribution in [3.05, 3.63) is 53.2 Å². The van der Waals surface area contributed by atoms with Crippen LogP contribution in [0.1, 0.15) is 37.5 Å². The van der Waals surface area contributed by atoms with Crippen molar-refractivity contribution in [1.29, 1.82) is 0 Å². The molecule has 2 rings (SSSR count). The Morgan fingerprint density at radius 1 is 1.19 bits per heavy atom. The second-order valence-electron chi connectivity index (χ2n) is 6.35. The fourth-order valence-corrected chi connectivity index (χ4v) is 2.31. The number of nitrogens with zero attached hydrogens (tertiary/aromatic N) is 1. The van der Waals surface area contributed by atoms with Gasteiger partial charge < -0.3 is 10.5 Å².